The molecule has 1 saturated heterocycles. The van der Waals surface area contributed by atoms with Gasteiger partial charge in [-0.05, 0) is 65.7 Å². The van der Waals surface area contributed by atoms with E-state index in [1.807, 2.05) is 52.8 Å². The van der Waals surface area contributed by atoms with Crippen molar-refractivity contribution in [3.05, 3.63) is 35.9 Å². The number of nitrogens with one attached hydrogen (secondary N) is 1. The Labute approximate surface area is 213 Å². The van der Waals surface area contributed by atoms with Gasteiger partial charge >= 0.3 is 6.09 Å². The van der Waals surface area contributed by atoms with Crippen molar-refractivity contribution >= 4 is 17.7 Å². The maximum atomic E-state index is 12.3. The smallest absolute Gasteiger partial charge is 0.410 e. The first-order valence-corrected chi connectivity index (χ1v) is 12.7. The van der Waals surface area contributed by atoms with Gasteiger partial charge in [0.25, 0.3) is 0 Å². The van der Waals surface area contributed by atoms with Gasteiger partial charge in [-0.15, -0.1) is 0 Å². The van der Waals surface area contributed by atoms with Gasteiger partial charge < -0.3 is 19.7 Å². The van der Waals surface area contributed by atoms with Crippen molar-refractivity contribution in [3.8, 4) is 16.9 Å². The summed E-state index contributed by atoms with van der Waals surface area (Å²) >= 11 is 0. The number of carbonyl (C=O) groups is 2. The molecule has 1 aromatic heterocycles. The summed E-state index contributed by atoms with van der Waals surface area (Å²) in [6.45, 7) is 13.6. The molecule has 1 aliphatic heterocycles. The summed E-state index contributed by atoms with van der Waals surface area (Å²) in [7, 11) is 0. The fourth-order valence-electron chi connectivity index (χ4n) is 4.27. The fraction of sp³-hybridized carbons (Fsp3) is 0.556. The summed E-state index contributed by atoms with van der Waals surface area (Å²) in [6.07, 6.45) is 3.21. The first-order chi connectivity index (χ1) is 17.1. The number of hydrogen-bond acceptors (Lipinski definition) is 7. The minimum Gasteiger partial charge on any atom is -0.492 e. The van der Waals surface area contributed by atoms with Crippen molar-refractivity contribution in [1.29, 1.82) is 0 Å². The van der Waals surface area contributed by atoms with Crippen LogP contribution in [-0.2, 0) is 9.53 Å². The minimum atomic E-state index is -0.490. The van der Waals surface area contributed by atoms with Crippen LogP contribution in [0, 0.1) is 19.8 Å². The number of rotatable bonds is 7. The highest BCUT2D eigenvalue weighted by molar-refractivity contribution is 5.95. The van der Waals surface area contributed by atoms with Crippen LogP contribution >= 0.6 is 0 Å². The molecule has 1 aromatic carbocycles. The number of ether oxygens (including phenoxy) is 2. The molecule has 0 unspecified atom stereocenters. The van der Waals surface area contributed by atoms with Gasteiger partial charge in [-0.2, -0.15) is 0 Å². The topological polar surface area (TPSA) is 96.9 Å². The van der Waals surface area contributed by atoms with E-state index >= 15 is 0 Å². The second-order valence-corrected chi connectivity index (χ2v) is 10.6. The molecule has 2 heterocycles. The largest absolute Gasteiger partial charge is 0.492 e. The lowest BCUT2D eigenvalue weighted by atomic mass is 10.0. The van der Waals surface area contributed by atoms with Crippen LogP contribution in [0.5, 0.6) is 5.75 Å². The first kappa shape index (κ1) is 25.9. The van der Waals surface area contributed by atoms with Crippen molar-refractivity contribution in [2.24, 2.45) is 5.92 Å². The maximum Gasteiger partial charge on any atom is 0.410 e. The predicted molar refractivity (Wildman–Crippen MR) is 138 cm³/mol. The number of carbonyl (C=O) groups excluding carboxylic acids is 2. The van der Waals surface area contributed by atoms with Crippen LogP contribution in [0.2, 0.25) is 0 Å². The third-order valence-corrected chi connectivity index (χ3v) is 6.38. The molecule has 2 aromatic rings. The third-order valence-electron chi connectivity index (χ3n) is 6.38. The van der Waals surface area contributed by atoms with Crippen molar-refractivity contribution in [3.63, 3.8) is 0 Å². The second kappa shape index (κ2) is 10.8. The average Bonchev–Trinajstić information content (AvgIpc) is 3.65. The van der Waals surface area contributed by atoms with Gasteiger partial charge in [-0.1, -0.05) is 0 Å². The molecule has 2 fully saturated rings. The highest BCUT2D eigenvalue weighted by atomic mass is 16.6. The zero-order valence-corrected chi connectivity index (χ0v) is 22.0. The van der Waals surface area contributed by atoms with Crippen LogP contribution in [0.3, 0.4) is 0 Å². The number of anilines is 1. The van der Waals surface area contributed by atoms with Gasteiger partial charge in [0.2, 0.25) is 5.91 Å². The van der Waals surface area contributed by atoms with E-state index in [9.17, 15) is 9.59 Å². The molecule has 9 nitrogen and oxygen atoms in total. The number of hydrogen-bond donors (Lipinski definition) is 1. The number of benzene rings is 1. The molecule has 0 bridgehead atoms. The Morgan fingerprint density at radius 2 is 1.72 bits per heavy atom. The van der Waals surface area contributed by atoms with Crippen LogP contribution in [-0.4, -0.2) is 76.7 Å². The van der Waals surface area contributed by atoms with E-state index in [-0.39, 0.29) is 17.9 Å². The van der Waals surface area contributed by atoms with Gasteiger partial charge in [0.1, 0.15) is 24.3 Å². The van der Waals surface area contributed by atoms with Gasteiger partial charge in [0.15, 0.2) is 0 Å². The molecule has 0 atom stereocenters. The van der Waals surface area contributed by atoms with Crippen molar-refractivity contribution in [1.82, 2.24) is 19.8 Å². The Morgan fingerprint density at radius 3 is 2.33 bits per heavy atom. The van der Waals surface area contributed by atoms with Gasteiger partial charge in [0.05, 0.1) is 0 Å². The lowest BCUT2D eigenvalue weighted by molar-refractivity contribution is -0.117. The zero-order chi connectivity index (χ0) is 25.9. The Hall–Kier alpha value is -3.20. The molecule has 9 heteroatoms. The van der Waals surface area contributed by atoms with Crippen LogP contribution < -0.4 is 10.1 Å². The molecule has 194 valence electrons. The first-order valence-electron chi connectivity index (χ1n) is 12.7. The Bertz CT molecular complexity index is 1080. The Kier molecular flexibility index (Phi) is 7.78. The normalized spacial score (nSPS) is 16.5. The predicted octanol–water partition coefficient (Wildman–Crippen LogP) is 4.04. The van der Waals surface area contributed by atoms with E-state index in [0.717, 1.165) is 66.4 Å². The van der Waals surface area contributed by atoms with Crippen LogP contribution in [0.15, 0.2) is 24.5 Å². The number of nitrogens with zero attached hydrogens (tertiary/aromatic N) is 4. The Morgan fingerprint density at radius 1 is 1.06 bits per heavy atom. The number of piperazine rings is 1. The van der Waals surface area contributed by atoms with E-state index in [2.05, 4.69) is 20.2 Å². The van der Waals surface area contributed by atoms with Crippen molar-refractivity contribution in [2.75, 3.05) is 44.6 Å². The van der Waals surface area contributed by atoms with Crippen LogP contribution in [0.4, 0.5) is 10.5 Å². The summed E-state index contributed by atoms with van der Waals surface area (Å²) in [4.78, 5) is 37.4. The summed E-state index contributed by atoms with van der Waals surface area (Å²) in [5.41, 5.74) is 3.76. The van der Waals surface area contributed by atoms with Crippen LogP contribution in [0.25, 0.3) is 11.1 Å². The third kappa shape index (κ3) is 6.72. The van der Waals surface area contributed by atoms with Crippen molar-refractivity contribution < 1.29 is 19.1 Å². The number of aromatic nitrogens is 2. The van der Waals surface area contributed by atoms with E-state index < -0.39 is 5.60 Å². The molecule has 2 aliphatic rings. The van der Waals surface area contributed by atoms with E-state index in [4.69, 9.17) is 9.47 Å². The highest BCUT2D eigenvalue weighted by Crippen LogP contribution is 2.36. The summed E-state index contributed by atoms with van der Waals surface area (Å²) in [6, 6.07) is 5.74. The monoisotopic (exact) mass is 495 g/mol. The average molecular weight is 496 g/mol. The molecular formula is C27H37N5O4. The molecule has 2 amide bonds. The lowest BCUT2D eigenvalue weighted by Gasteiger charge is -2.35. The lowest BCUT2D eigenvalue weighted by Crippen LogP contribution is -2.50. The molecule has 1 N–H and O–H groups in total. The number of aryl methyl sites for hydroxylation is 2. The Balaban J connectivity index is 1.39. The molecule has 0 radical (unpaired) electrons. The highest BCUT2D eigenvalue weighted by Gasteiger charge is 2.30. The van der Waals surface area contributed by atoms with E-state index in [0.29, 0.717) is 19.7 Å². The number of amides is 2. The van der Waals surface area contributed by atoms with E-state index in [1.54, 1.807) is 11.2 Å². The maximum absolute atomic E-state index is 12.3. The second-order valence-electron chi connectivity index (χ2n) is 10.6. The molecular weight excluding hydrogens is 458 g/mol. The van der Waals surface area contributed by atoms with Crippen molar-refractivity contribution in [2.45, 2.75) is 53.1 Å². The quantitative estimate of drug-likeness (QED) is 0.619. The fourth-order valence-corrected chi connectivity index (χ4v) is 4.27. The standard InChI is InChI=1S/C27H37N5O4/c1-18-24(19(2)29-17-28-18)22-16-21(30-25(33)20-6-7-20)8-9-23(22)35-15-14-31-10-12-32(13-11-31)26(34)36-27(3,4)5/h8-9,16-17,20H,6-7,10-15H2,1-5H3,(H,30,33). The van der Waals surface area contributed by atoms with Gasteiger partial charge in [-0.25, -0.2) is 14.8 Å². The zero-order valence-electron chi connectivity index (χ0n) is 22.0. The minimum absolute atomic E-state index is 0.0675. The van der Waals surface area contributed by atoms with Crippen LogP contribution in [0.1, 0.15) is 45.0 Å². The van der Waals surface area contributed by atoms with Gasteiger partial charge in [-0.3, -0.25) is 9.69 Å². The summed E-state index contributed by atoms with van der Waals surface area (Å²) in [5.74, 6) is 0.925. The SMILES string of the molecule is Cc1ncnc(C)c1-c1cc(NC(=O)C2CC2)ccc1OCCN1CCN(C(=O)OC(C)(C)C)CC1. The van der Waals surface area contributed by atoms with E-state index in [1.165, 1.54) is 0 Å². The molecule has 36 heavy (non-hydrogen) atoms. The summed E-state index contributed by atoms with van der Waals surface area (Å²) in [5, 5.41) is 3.03. The van der Waals surface area contributed by atoms with Gasteiger partial charge in [0, 0.05) is 66.8 Å². The summed E-state index contributed by atoms with van der Waals surface area (Å²) < 4.78 is 11.7. The molecule has 4 rings (SSSR count). The molecule has 1 aliphatic carbocycles. The molecule has 0 spiro atoms. The molecule has 1 saturated carbocycles.